The maximum atomic E-state index is 12.6. The van der Waals surface area contributed by atoms with Crippen molar-refractivity contribution in [2.24, 2.45) is 52.3 Å². The van der Waals surface area contributed by atoms with Crippen LogP contribution in [0.2, 0.25) is 0 Å². The minimum atomic E-state index is -1.07. The summed E-state index contributed by atoms with van der Waals surface area (Å²) in [5.74, 6) is 8.12. The molecule has 0 heterocycles. The summed E-state index contributed by atoms with van der Waals surface area (Å²) in [6.45, 7) is 19.7. The lowest BCUT2D eigenvalue weighted by molar-refractivity contribution is -0.121. The van der Waals surface area contributed by atoms with E-state index in [4.69, 9.17) is 9.05 Å². The Morgan fingerprint density at radius 1 is 0.936 bits per heavy atom. The van der Waals surface area contributed by atoms with Gasteiger partial charge < -0.3 is 19.4 Å². The number of hydrogen-bond acceptors (Lipinski definition) is 7. The predicted octanol–water partition coefficient (Wildman–Crippen LogP) is 10.4. The molecule has 4 rings (SSSR count). The molecular weight excluding hydrogens is 642 g/mol. The van der Waals surface area contributed by atoms with E-state index in [1.165, 1.54) is 57.8 Å². The van der Waals surface area contributed by atoms with Gasteiger partial charge in [-0.05, 0) is 139 Å². The lowest BCUT2D eigenvalue weighted by Gasteiger charge is -2.53. The van der Waals surface area contributed by atoms with Crippen molar-refractivity contribution >= 4 is 42.2 Å². The van der Waals surface area contributed by atoms with Crippen LogP contribution in [0.5, 0.6) is 0 Å². The number of nitrogens with one attached hydrogen (secondary N) is 1. The first-order valence-corrected chi connectivity index (χ1v) is 22.7. The van der Waals surface area contributed by atoms with Gasteiger partial charge in [0.05, 0.1) is 12.7 Å². The molecule has 1 N–H and O–H groups in total. The molecule has 1 amide bonds. The lowest BCUT2D eigenvalue weighted by atomic mass is 9.53. The molecule has 4 aliphatic carbocycles. The summed E-state index contributed by atoms with van der Waals surface area (Å²) in [4.78, 5) is 16.8. The largest absolute Gasteiger partial charge is 0.355 e. The second-order valence-corrected chi connectivity index (χ2v) is 21.4. The molecule has 10 atom stereocenters. The van der Waals surface area contributed by atoms with E-state index in [9.17, 15) is 4.79 Å². The van der Waals surface area contributed by atoms with E-state index in [2.05, 4.69) is 70.4 Å². The van der Waals surface area contributed by atoms with E-state index in [1.807, 2.05) is 34.9 Å². The van der Waals surface area contributed by atoms with Gasteiger partial charge in [-0.15, -0.1) is 0 Å². The van der Waals surface area contributed by atoms with Gasteiger partial charge in [-0.2, -0.15) is 0 Å². The van der Waals surface area contributed by atoms with Gasteiger partial charge in [-0.25, -0.2) is 4.67 Å². The predicted molar refractivity (Wildman–Crippen MR) is 206 cm³/mol. The standard InChI is InChI=1S/C38H70N3O3PS2/c1-26(2)41(27(3)4)45(43-23-10-21-39-9)44-30-13-15-32-29(25-30)12-14-35-34(32)19-18-33-31(16-17-36(33)35)28(5)11-20-37(42)40-22-24-46-47-38(6,7)8/h21,26-36H,10-20,22-25H2,1-9H3,(H,40,42)/t28-,29?,30-,31-,32?,33?,34?,35?,36?,45?/m1/s1. The molecule has 0 bridgehead atoms. The maximum absolute atomic E-state index is 12.6. The smallest absolute Gasteiger partial charge is 0.259 e. The quantitative estimate of drug-likeness (QED) is 0.0701. The van der Waals surface area contributed by atoms with Gasteiger partial charge in [0.1, 0.15) is 0 Å². The normalized spacial score (nSPS) is 32.4. The molecule has 4 aliphatic rings. The Hall–Kier alpha value is 0.150. The van der Waals surface area contributed by atoms with Crippen LogP contribution in [0.15, 0.2) is 4.99 Å². The van der Waals surface area contributed by atoms with Gasteiger partial charge in [0.25, 0.3) is 8.53 Å². The fourth-order valence-corrected chi connectivity index (χ4v) is 13.9. The van der Waals surface area contributed by atoms with Crippen LogP contribution in [0.25, 0.3) is 0 Å². The summed E-state index contributed by atoms with van der Waals surface area (Å²) in [5, 5.41) is 3.18. The van der Waals surface area contributed by atoms with Crippen molar-refractivity contribution in [3.8, 4) is 0 Å². The molecule has 47 heavy (non-hydrogen) atoms. The average Bonchev–Trinajstić information content (AvgIpc) is 3.45. The second-order valence-electron chi connectivity index (χ2n) is 16.8. The number of amides is 1. The molecule has 0 aromatic heterocycles. The fourth-order valence-electron chi connectivity index (χ4n) is 9.99. The molecule has 0 aliphatic heterocycles. The Morgan fingerprint density at radius 2 is 1.57 bits per heavy atom. The molecular formula is C38H70N3O3PS2. The summed E-state index contributed by atoms with van der Waals surface area (Å²) < 4.78 is 16.1. The topological polar surface area (TPSA) is 63.2 Å². The maximum Gasteiger partial charge on any atom is 0.259 e. The van der Waals surface area contributed by atoms with E-state index in [1.54, 1.807) is 0 Å². The molecule has 9 heteroatoms. The average molecular weight is 712 g/mol. The summed E-state index contributed by atoms with van der Waals surface area (Å²) in [7, 11) is 4.53. The first kappa shape index (κ1) is 39.9. The zero-order valence-electron chi connectivity index (χ0n) is 31.4. The highest BCUT2D eigenvalue weighted by atomic mass is 33.1. The Balaban J connectivity index is 1.24. The number of carbonyl (C=O) groups excluding carboxylic acids is 1. The van der Waals surface area contributed by atoms with Crippen molar-refractivity contribution in [1.29, 1.82) is 0 Å². The third kappa shape index (κ3) is 11.6. The summed E-state index contributed by atoms with van der Waals surface area (Å²) >= 11 is 0. The number of nitrogens with zero attached hydrogens (tertiary/aromatic N) is 2. The molecule has 6 nitrogen and oxygen atoms in total. The van der Waals surface area contributed by atoms with Gasteiger partial charge in [0.2, 0.25) is 5.91 Å². The summed E-state index contributed by atoms with van der Waals surface area (Å²) in [6.07, 6.45) is 17.1. The first-order valence-electron chi connectivity index (χ1n) is 19.3. The highest BCUT2D eigenvalue weighted by Crippen LogP contribution is 2.61. The van der Waals surface area contributed by atoms with Crippen LogP contribution in [0, 0.1) is 47.3 Å². The van der Waals surface area contributed by atoms with Crippen LogP contribution >= 0.6 is 30.1 Å². The molecule has 0 aromatic carbocycles. The lowest BCUT2D eigenvalue weighted by Crippen LogP contribution is -2.46. The highest BCUT2D eigenvalue weighted by Gasteiger charge is 2.52. The van der Waals surface area contributed by atoms with Crippen LogP contribution in [-0.2, 0) is 13.8 Å². The fraction of sp³-hybridized carbons (Fsp3) is 0.947. The van der Waals surface area contributed by atoms with Gasteiger partial charge in [0.15, 0.2) is 0 Å². The van der Waals surface area contributed by atoms with Crippen molar-refractivity contribution < 1.29 is 13.8 Å². The van der Waals surface area contributed by atoms with E-state index >= 15 is 0 Å². The Morgan fingerprint density at radius 3 is 2.28 bits per heavy atom. The van der Waals surface area contributed by atoms with Crippen LogP contribution < -0.4 is 5.32 Å². The van der Waals surface area contributed by atoms with Crippen molar-refractivity contribution in [2.75, 3.05) is 26.0 Å². The van der Waals surface area contributed by atoms with Crippen molar-refractivity contribution in [3.05, 3.63) is 0 Å². The molecule has 0 aromatic rings. The Kier molecular flexibility index (Phi) is 16.2. The van der Waals surface area contributed by atoms with Gasteiger partial charge >= 0.3 is 0 Å². The molecule has 4 fully saturated rings. The van der Waals surface area contributed by atoms with Crippen LogP contribution in [0.1, 0.15) is 132 Å². The molecule has 4 saturated carbocycles. The van der Waals surface area contributed by atoms with E-state index in [0.717, 1.165) is 66.6 Å². The third-order valence-electron chi connectivity index (χ3n) is 11.8. The molecule has 272 valence electrons. The van der Waals surface area contributed by atoms with Crippen LogP contribution in [0.4, 0.5) is 0 Å². The third-order valence-corrected chi connectivity index (χ3v) is 17.3. The number of carbonyl (C=O) groups is 1. The van der Waals surface area contributed by atoms with Crippen LogP contribution in [0.3, 0.4) is 0 Å². The zero-order chi connectivity index (χ0) is 34.1. The summed E-state index contributed by atoms with van der Waals surface area (Å²) in [5.41, 5.74) is 0. The zero-order valence-corrected chi connectivity index (χ0v) is 33.9. The number of fused-ring (bicyclic) bond motifs is 5. The number of rotatable bonds is 17. The molecule has 0 radical (unpaired) electrons. The highest BCUT2D eigenvalue weighted by molar-refractivity contribution is 8.77. The van der Waals surface area contributed by atoms with Gasteiger partial charge in [-0.3, -0.25) is 4.79 Å². The minimum absolute atomic E-state index is 0.251. The minimum Gasteiger partial charge on any atom is -0.355 e. The molecule has 0 saturated heterocycles. The van der Waals surface area contributed by atoms with E-state index < -0.39 is 8.53 Å². The van der Waals surface area contributed by atoms with Gasteiger partial charge in [-0.1, -0.05) is 49.3 Å². The second kappa shape index (κ2) is 19.1. The van der Waals surface area contributed by atoms with Crippen molar-refractivity contribution in [1.82, 2.24) is 9.99 Å². The number of aliphatic imine (C=N–C) groups is 1. The van der Waals surface area contributed by atoms with Crippen molar-refractivity contribution in [2.45, 2.75) is 155 Å². The van der Waals surface area contributed by atoms with E-state index in [0.29, 0.717) is 37.1 Å². The molecule has 0 spiro atoms. The summed E-state index contributed by atoms with van der Waals surface area (Å²) in [6, 6.07) is 0.787. The molecule has 7 unspecified atom stereocenters. The Labute approximate surface area is 298 Å². The number of hydrogen-bond donors (Lipinski definition) is 1. The van der Waals surface area contributed by atoms with E-state index in [-0.39, 0.29) is 10.7 Å². The van der Waals surface area contributed by atoms with Crippen LogP contribution in [-0.4, -0.2) is 65.7 Å². The van der Waals surface area contributed by atoms with Crippen molar-refractivity contribution in [3.63, 3.8) is 0 Å². The SMILES string of the molecule is CN=CCCOP(O[C@@H]1CCC2C(CCC3C2CCC2C3CC[C@@H]2[C@H](C)CCC(=O)NCCSSC(C)(C)C)C1)N(C(C)C)C(C)C. The Bertz CT molecular complexity index is 970. The first-order chi connectivity index (χ1) is 22.4. The monoisotopic (exact) mass is 711 g/mol. The van der Waals surface area contributed by atoms with Gasteiger partial charge in [0, 0.05) is 55.2 Å².